The number of nitrogens with one attached hydrogen (secondary N) is 2. The number of morpholine rings is 1. The van der Waals surface area contributed by atoms with Crippen molar-refractivity contribution in [3.63, 3.8) is 0 Å². The van der Waals surface area contributed by atoms with Gasteiger partial charge < -0.3 is 25.0 Å². The number of guanidine groups is 1. The molecular formula is C23H29FN4O2. The Kier molecular flexibility index (Phi) is 6.69. The molecule has 1 fully saturated rings. The normalized spacial score (nSPS) is 18.7. The minimum absolute atomic E-state index is 0.0801. The van der Waals surface area contributed by atoms with E-state index in [1.807, 2.05) is 42.2 Å². The maximum Gasteiger partial charge on any atom is 0.191 e. The van der Waals surface area contributed by atoms with E-state index >= 15 is 0 Å². The Hall–Kier alpha value is -2.80. The van der Waals surface area contributed by atoms with Crippen LogP contribution in [0.25, 0.3) is 0 Å². The van der Waals surface area contributed by atoms with E-state index in [9.17, 15) is 4.39 Å². The highest BCUT2D eigenvalue weighted by Crippen LogP contribution is 2.27. The summed E-state index contributed by atoms with van der Waals surface area (Å²) in [4.78, 5) is 6.64. The summed E-state index contributed by atoms with van der Waals surface area (Å²) >= 11 is 0. The van der Waals surface area contributed by atoms with E-state index in [0.29, 0.717) is 38.0 Å². The largest absolute Gasteiger partial charge is 0.488 e. The topological polar surface area (TPSA) is 58.1 Å². The van der Waals surface area contributed by atoms with Crippen molar-refractivity contribution in [1.82, 2.24) is 10.6 Å². The van der Waals surface area contributed by atoms with Crippen LogP contribution in [0.1, 0.15) is 18.1 Å². The summed E-state index contributed by atoms with van der Waals surface area (Å²) in [5.74, 6) is 1.46. The number of halogens is 1. The molecule has 1 unspecified atom stereocenters. The Morgan fingerprint density at radius 1 is 1.17 bits per heavy atom. The Morgan fingerprint density at radius 3 is 2.77 bits per heavy atom. The number of benzene rings is 2. The molecule has 4 rings (SSSR count). The van der Waals surface area contributed by atoms with Gasteiger partial charge in [-0.25, -0.2) is 9.38 Å². The first kappa shape index (κ1) is 20.5. The van der Waals surface area contributed by atoms with Crippen LogP contribution >= 0.6 is 0 Å². The quantitative estimate of drug-likeness (QED) is 0.564. The van der Waals surface area contributed by atoms with Crippen LogP contribution in [0.3, 0.4) is 0 Å². The molecule has 30 heavy (non-hydrogen) atoms. The summed E-state index contributed by atoms with van der Waals surface area (Å²) in [6, 6.07) is 13.5. The van der Waals surface area contributed by atoms with Crippen molar-refractivity contribution in [2.75, 3.05) is 44.3 Å². The zero-order valence-electron chi connectivity index (χ0n) is 17.4. The van der Waals surface area contributed by atoms with E-state index in [0.717, 1.165) is 37.4 Å². The molecule has 2 heterocycles. The number of hydrogen-bond donors (Lipinski definition) is 2. The molecule has 2 aliphatic heterocycles. The second-order valence-corrected chi connectivity index (χ2v) is 7.51. The van der Waals surface area contributed by atoms with Crippen LogP contribution in [0.4, 0.5) is 10.1 Å². The molecule has 1 saturated heterocycles. The predicted molar refractivity (Wildman–Crippen MR) is 117 cm³/mol. The Labute approximate surface area is 177 Å². The third-order valence-corrected chi connectivity index (χ3v) is 5.34. The first-order valence-corrected chi connectivity index (χ1v) is 10.6. The monoisotopic (exact) mass is 412 g/mol. The molecule has 0 aliphatic carbocycles. The number of nitrogens with zero attached hydrogens (tertiary/aromatic N) is 2. The van der Waals surface area contributed by atoms with Crippen molar-refractivity contribution in [3.05, 3.63) is 59.4 Å². The Bertz CT molecular complexity index is 858. The summed E-state index contributed by atoms with van der Waals surface area (Å²) < 4.78 is 25.9. The molecule has 0 aromatic heterocycles. The summed E-state index contributed by atoms with van der Waals surface area (Å²) in [6.45, 7) is 6.55. The molecule has 6 nitrogen and oxygen atoms in total. The standard InChI is InChI=1S/C23H29FN4O2/c1-2-25-23(27-16-19-14-18-5-3-4-6-22(18)30-19)26-15-17-7-8-21(20(24)13-17)28-9-11-29-12-10-28/h3-8,13,19H,2,9-12,14-16H2,1H3,(H2,25,26,27). The van der Waals surface area contributed by atoms with Crippen LogP contribution in [0.5, 0.6) is 5.75 Å². The smallest absolute Gasteiger partial charge is 0.191 e. The van der Waals surface area contributed by atoms with E-state index < -0.39 is 0 Å². The molecule has 0 saturated carbocycles. The van der Waals surface area contributed by atoms with Crippen molar-refractivity contribution in [2.45, 2.75) is 26.0 Å². The third kappa shape index (κ3) is 5.02. The molecule has 1 atom stereocenters. The van der Waals surface area contributed by atoms with Crippen LogP contribution in [0.15, 0.2) is 47.5 Å². The molecule has 160 valence electrons. The number of hydrogen-bond acceptors (Lipinski definition) is 4. The number of ether oxygens (including phenoxy) is 2. The highest BCUT2D eigenvalue weighted by atomic mass is 19.1. The predicted octanol–water partition coefficient (Wildman–Crippen LogP) is 2.72. The first-order valence-electron chi connectivity index (χ1n) is 10.6. The Morgan fingerprint density at radius 2 is 2.00 bits per heavy atom. The van der Waals surface area contributed by atoms with Gasteiger partial charge in [-0.15, -0.1) is 0 Å². The van der Waals surface area contributed by atoms with E-state index in [-0.39, 0.29) is 11.9 Å². The van der Waals surface area contributed by atoms with Gasteiger partial charge in [0, 0.05) is 26.1 Å². The van der Waals surface area contributed by atoms with Gasteiger partial charge in [-0.05, 0) is 36.2 Å². The first-order chi connectivity index (χ1) is 14.7. The number of rotatable bonds is 6. The van der Waals surface area contributed by atoms with Gasteiger partial charge in [-0.3, -0.25) is 0 Å². The molecule has 7 heteroatoms. The molecule has 2 aliphatic rings. The summed E-state index contributed by atoms with van der Waals surface area (Å²) in [5.41, 5.74) is 2.71. The highest BCUT2D eigenvalue weighted by molar-refractivity contribution is 5.79. The van der Waals surface area contributed by atoms with E-state index in [1.165, 1.54) is 5.56 Å². The molecule has 2 aromatic rings. The minimum Gasteiger partial charge on any atom is -0.488 e. The van der Waals surface area contributed by atoms with Crippen LogP contribution < -0.4 is 20.3 Å². The molecule has 2 N–H and O–H groups in total. The zero-order valence-corrected chi connectivity index (χ0v) is 17.4. The van der Waals surface area contributed by atoms with E-state index in [4.69, 9.17) is 9.47 Å². The van der Waals surface area contributed by atoms with E-state index in [1.54, 1.807) is 6.07 Å². The molecule has 0 radical (unpaired) electrons. The average Bonchev–Trinajstić information content (AvgIpc) is 3.19. The lowest BCUT2D eigenvalue weighted by Crippen LogP contribution is -2.42. The second-order valence-electron chi connectivity index (χ2n) is 7.51. The van der Waals surface area contributed by atoms with Crippen LogP contribution in [0, 0.1) is 5.82 Å². The number of aliphatic imine (C=N–C) groups is 1. The van der Waals surface area contributed by atoms with Gasteiger partial charge in [0.05, 0.1) is 32.0 Å². The molecule has 2 aromatic carbocycles. The molecule has 0 amide bonds. The lowest BCUT2D eigenvalue weighted by molar-refractivity contribution is 0.122. The number of anilines is 1. The van der Waals surface area contributed by atoms with E-state index in [2.05, 4.69) is 21.7 Å². The minimum atomic E-state index is -0.209. The van der Waals surface area contributed by atoms with Crippen LogP contribution in [-0.4, -0.2) is 51.5 Å². The van der Waals surface area contributed by atoms with Gasteiger partial charge in [-0.1, -0.05) is 24.3 Å². The lowest BCUT2D eigenvalue weighted by Gasteiger charge is -2.29. The Balaban J connectivity index is 1.34. The molecule has 0 spiro atoms. The summed E-state index contributed by atoms with van der Waals surface area (Å²) in [6.07, 6.45) is 0.966. The van der Waals surface area contributed by atoms with Crippen molar-refractivity contribution < 1.29 is 13.9 Å². The average molecular weight is 413 g/mol. The highest BCUT2D eigenvalue weighted by Gasteiger charge is 2.22. The summed E-state index contributed by atoms with van der Waals surface area (Å²) in [7, 11) is 0. The fraction of sp³-hybridized carbons (Fsp3) is 0.435. The maximum atomic E-state index is 14.6. The van der Waals surface area contributed by atoms with Crippen molar-refractivity contribution >= 4 is 11.6 Å². The second kappa shape index (κ2) is 9.80. The zero-order chi connectivity index (χ0) is 20.8. The van der Waals surface area contributed by atoms with Gasteiger partial charge in [0.15, 0.2) is 5.96 Å². The van der Waals surface area contributed by atoms with Gasteiger partial charge in [-0.2, -0.15) is 0 Å². The number of fused-ring (bicyclic) bond motifs is 1. The molecule has 0 bridgehead atoms. The fourth-order valence-electron chi connectivity index (χ4n) is 3.80. The third-order valence-electron chi connectivity index (χ3n) is 5.34. The number of para-hydroxylation sites is 1. The van der Waals surface area contributed by atoms with Gasteiger partial charge in [0.1, 0.15) is 17.7 Å². The van der Waals surface area contributed by atoms with Gasteiger partial charge in [0.25, 0.3) is 0 Å². The van der Waals surface area contributed by atoms with Gasteiger partial charge in [0.2, 0.25) is 0 Å². The fourth-order valence-corrected chi connectivity index (χ4v) is 3.80. The van der Waals surface area contributed by atoms with Crippen molar-refractivity contribution in [3.8, 4) is 5.75 Å². The van der Waals surface area contributed by atoms with Crippen LogP contribution in [0.2, 0.25) is 0 Å². The SMILES string of the molecule is CCNC(=NCc1ccc(N2CCOCC2)c(F)c1)NCC1Cc2ccccc2O1. The van der Waals surface area contributed by atoms with Gasteiger partial charge >= 0.3 is 0 Å². The summed E-state index contributed by atoms with van der Waals surface area (Å²) in [5, 5.41) is 6.59. The lowest BCUT2D eigenvalue weighted by atomic mass is 10.1. The molecular weight excluding hydrogens is 383 g/mol. The van der Waals surface area contributed by atoms with Crippen molar-refractivity contribution in [2.24, 2.45) is 4.99 Å². The van der Waals surface area contributed by atoms with Crippen molar-refractivity contribution in [1.29, 1.82) is 0 Å². The van der Waals surface area contributed by atoms with Crippen LogP contribution in [-0.2, 0) is 17.7 Å². The maximum absolute atomic E-state index is 14.6.